The summed E-state index contributed by atoms with van der Waals surface area (Å²) < 4.78 is 15.0. The van der Waals surface area contributed by atoms with Crippen LogP contribution in [0.3, 0.4) is 0 Å². The zero-order chi connectivity index (χ0) is 21.7. The summed E-state index contributed by atoms with van der Waals surface area (Å²) in [6.45, 7) is 12.9. The van der Waals surface area contributed by atoms with E-state index in [1.54, 1.807) is 0 Å². The van der Waals surface area contributed by atoms with Crippen molar-refractivity contribution in [2.75, 3.05) is 6.54 Å². The highest BCUT2D eigenvalue weighted by atomic mass is 32.2. The molecule has 0 amide bonds. The largest absolute Gasteiger partial charge is 0.265 e. The van der Waals surface area contributed by atoms with E-state index in [1.165, 1.54) is 0 Å². The molecule has 4 nitrogen and oxygen atoms in total. The predicted molar refractivity (Wildman–Crippen MR) is 128 cm³/mol. The smallest absolute Gasteiger partial charge is 0.0970 e. The first-order valence-electron chi connectivity index (χ1n) is 10.4. The Morgan fingerprint density at radius 3 is 2.53 bits per heavy atom. The third-order valence-corrected chi connectivity index (χ3v) is 6.69. The lowest BCUT2D eigenvalue weighted by molar-refractivity contribution is 0.519. The van der Waals surface area contributed by atoms with Crippen LogP contribution in [0.25, 0.3) is 28.1 Å². The minimum absolute atomic E-state index is 0.239. The Kier molecular flexibility index (Phi) is 7.16. The quantitative estimate of drug-likeness (QED) is 0.518. The molecule has 0 saturated carbocycles. The Labute approximate surface area is 182 Å². The third kappa shape index (κ3) is 5.61. The van der Waals surface area contributed by atoms with Gasteiger partial charge in [-0.3, -0.25) is 9.97 Å². The summed E-state index contributed by atoms with van der Waals surface area (Å²) in [7, 11) is -1.02. The van der Waals surface area contributed by atoms with Crippen LogP contribution in [0.2, 0.25) is 0 Å². The molecule has 3 aromatic rings. The maximum atomic E-state index is 12.1. The second-order valence-corrected chi connectivity index (χ2v) is 10.8. The Hall–Kier alpha value is -2.37. The molecule has 1 aromatic carbocycles. The summed E-state index contributed by atoms with van der Waals surface area (Å²) >= 11 is 0. The summed E-state index contributed by atoms with van der Waals surface area (Å²) in [6.07, 6.45) is 7.35. The van der Waals surface area contributed by atoms with Gasteiger partial charge in [-0.1, -0.05) is 25.6 Å². The molecular formula is C25H31N3OS. The van der Waals surface area contributed by atoms with Crippen molar-refractivity contribution in [2.45, 2.75) is 45.3 Å². The van der Waals surface area contributed by atoms with Gasteiger partial charge in [-0.25, -0.2) is 8.93 Å². The van der Waals surface area contributed by atoms with E-state index in [-0.39, 0.29) is 4.75 Å². The van der Waals surface area contributed by atoms with Crippen LogP contribution in [-0.2, 0) is 17.4 Å². The van der Waals surface area contributed by atoms with E-state index in [0.29, 0.717) is 5.92 Å². The summed E-state index contributed by atoms with van der Waals surface area (Å²) in [5.41, 5.74) is 5.44. The molecule has 158 valence electrons. The summed E-state index contributed by atoms with van der Waals surface area (Å²) in [4.78, 5) is 9.00. The fourth-order valence-corrected chi connectivity index (χ4v) is 4.12. The summed E-state index contributed by atoms with van der Waals surface area (Å²) in [5, 5.41) is 1.11. The molecule has 0 spiro atoms. The van der Waals surface area contributed by atoms with Gasteiger partial charge < -0.3 is 0 Å². The molecule has 2 aromatic heterocycles. The highest BCUT2D eigenvalue weighted by Gasteiger charge is 2.19. The number of nitrogens with zero attached hydrogens (tertiary/aromatic N) is 2. The second-order valence-electron chi connectivity index (χ2n) is 8.75. The normalized spacial score (nSPS) is 13.9. The Morgan fingerprint density at radius 2 is 1.87 bits per heavy atom. The van der Waals surface area contributed by atoms with Crippen LogP contribution in [0, 0.1) is 5.92 Å². The molecule has 0 aliphatic heterocycles. The average molecular weight is 422 g/mol. The van der Waals surface area contributed by atoms with Crippen molar-refractivity contribution in [2.24, 2.45) is 5.92 Å². The van der Waals surface area contributed by atoms with Gasteiger partial charge in [0.15, 0.2) is 0 Å². The zero-order valence-corrected chi connectivity index (χ0v) is 19.1. The standard InChI is InChI=1S/C25H31N3OS/c1-6-19-16-22(15-18(2)9-14-27-30(29)25(3,4)5)28-24-8-7-21(17-23(19)24)20-10-12-26-13-11-20/h6-8,10-13,16-18,27H,1,9,14-15H2,2-5H3. The minimum Gasteiger partial charge on any atom is -0.265 e. The maximum Gasteiger partial charge on any atom is 0.0970 e. The molecule has 2 heterocycles. The van der Waals surface area contributed by atoms with Gasteiger partial charge in [-0.05, 0) is 86.6 Å². The fourth-order valence-electron chi connectivity index (χ4n) is 3.38. The number of hydrogen-bond acceptors (Lipinski definition) is 3. The molecule has 0 aliphatic rings. The second kappa shape index (κ2) is 9.63. The van der Waals surface area contributed by atoms with Crippen molar-refractivity contribution < 1.29 is 4.21 Å². The topological polar surface area (TPSA) is 54.9 Å². The monoisotopic (exact) mass is 421 g/mol. The molecule has 0 fully saturated rings. The maximum absolute atomic E-state index is 12.1. The van der Waals surface area contributed by atoms with Gasteiger partial charge in [0.25, 0.3) is 0 Å². The van der Waals surface area contributed by atoms with E-state index in [2.05, 4.69) is 47.5 Å². The van der Waals surface area contributed by atoms with E-state index in [9.17, 15) is 4.21 Å². The third-order valence-electron chi connectivity index (χ3n) is 5.11. The van der Waals surface area contributed by atoms with Gasteiger partial charge in [-0.15, -0.1) is 0 Å². The van der Waals surface area contributed by atoms with Crippen LogP contribution in [-0.4, -0.2) is 25.5 Å². The number of rotatable bonds is 8. The lowest BCUT2D eigenvalue weighted by atomic mass is 9.97. The van der Waals surface area contributed by atoms with E-state index in [0.717, 1.165) is 52.7 Å². The van der Waals surface area contributed by atoms with Gasteiger partial charge >= 0.3 is 0 Å². The van der Waals surface area contributed by atoms with Gasteiger partial charge in [-0.2, -0.15) is 0 Å². The number of benzene rings is 1. The van der Waals surface area contributed by atoms with Crippen LogP contribution < -0.4 is 4.72 Å². The molecule has 0 bridgehead atoms. The lowest BCUT2D eigenvalue weighted by Gasteiger charge is -2.19. The minimum atomic E-state index is -1.02. The molecule has 0 saturated heterocycles. The van der Waals surface area contributed by atoms with Gasteiger partial charge in [0, 0.05) is 30.0 Å². The number of fused-ring (bicyclic) bond motifs is 1. The average Bonchev–Trinajstić information content (AvgIpc) is 2.72. The van der Waals surface area contributed by atoms with Crippen molar-refractivity contribution >= 4 is 28.0 Å². The van der Waals surface area contributed by atoms with Crippen LogP contribution >= 0.6 is 0 Å². The molecular weight excluding hydrogens is 390 g/mol. The highest BCUT2D eigenvalue weighted by Crippen LogP contribution is 2.27. The first-order valence-corrected chi connectivity index (χ1v) is 11.5. The number of hydrogen-bond donors (Lipinski definition) is 1. The Balaban J connectivity index is 1.74. The first kappa shape index (κ1) is 22.3. The van der Waals surface area contributed by atoms with Crippen LogP contribution in [0.4, 0.5) is 0 Å². The SMILES string of the molecule is C=Cc1cc(CC(C)CCNS(=O)C(C)(C)C)nc2ccc(-c3ccncc3)cc12. The molecule has 3 rings (SSSR count). The molecule has 1 N–H and O–H groups in total. The first-order chi connectivity index (χ1) is 14.3. The van der Waals surface area contributed by atoms with Crippen molar-refractivity contribution in [3.05, 3.63) is 66.6 Å². The van der Waals surface area contributed by atoms with Crippen LogP contribution in [0.1, 0.15) is 45.4 Å². The van der Waals surface area contributed by atoms with Gasteiger partial charge in [0.2, 0.25) is 0 Å². The summed E-state index contributed by atoms with van der Waals surface area (Å²) in [5.74, 6) is 0.438. The van der Waals surface area contributed by atoms with Crippen molar-refractivity contribution in [1.82, 2.24) is 14.7 Å². The van der Waals surface area contributed by atoms with E-state index in [1.807, 2.05) is 51.4 Å². The lowest BCUT2D eigenvalue weighted by Crippen LogP contribution is -2.34. The molecule has 2 atom stereocenters. The van der Waals surface area contributed by atoms with Crippen LogP contribution in [0.5, 0.6) is 0 Å². The zero-order valence-electron chi connectivity index (χ0n) is 18.3. The van der Waals surface area contributed by atoms with Crippen LogP contribution in [0.15, 0.2) is 55.4 Å². The molecule has 30 heavy (non-hydrogen) atoms. The molecule has 2 unspecified atom stereocenters. The van der Waals surface area contributed by atoms with E-state index >= 15 is 0 Å². The fraction of sp³-hybridized carbons (Fsp3) is 0.360. The van der Waals surface area contributed by atoms with Crippen molar-refractivity contribution in [3.63, 3.8) is 0 Å². The summed E-state index contributed by atoms with van der Waals surface area (Å²) in [6, 6.07) is 12.5. The Morgan fingerprint density at radius 1 is 1.13 bits per heavy atom. The van der Waals surface area contributed by atoms with E-state index < -0.39 is 11.0 Å². The highest BCUT2D eigenvalue weighted by molar-refractivity contribution is 7.84. The van der Waals surface area contributed by atoms with Crippen molar-refractivity contribution in [1.29, 1.82) is 0 Å². The predicted octanol–water partition coefficient (Wildman–Crippen LogP) is 5.56. The Bertz CT molecular complexity index is 1040. The number of aromatic nitrogens is 2. The molecule has 0 radical (unpaired) electrons. The number of pyridine rings is 2. The number of nitrogens with one attached hydrogen (secondary N) is 1. The molecule has 0 aliphatic carbocycles. The van der Waals surface area contributed by atoms with E-state index in [4.69, 9.17) is 4.98 Å². The van der Waals surface area contributed by atoms with Crippen molar-refractivity contribution in [3.8, 4) is 11.1 Å². The van der Waals surface area contributed by atoms with Gasteiger partial charge in [0.05, 0.1) is 21.2 Å². The molecule has 5 heteroatoms. The van der Waals surface area contributed by atoms with Gasteiger partial charge in [0.1, 0.15) is 0 Å².